The minimum atomic E-state index is -0.347. The molecule has 0 aromatic heterocycles. The molecule has 4 atom stereocenters. The van der Waals surface area contributed by atoms with Crippen molar-refractivity contribution in [2.75, 3.05) is 0 Å². The van der Waals surface area contributed by atoms with Gasteiger partial charge in [-0.25, -0.2) is 0 Å². The van der Waals surface area contributed by atoms with Crippen LogP contribution in [0.2, 0.25) is 0 Å². The highest BCUT2D eigenvalue weighted by Crippen LogP contribution is 2.21. The second kappa shape index (κ2) is 2.86. The number of hydrogen-bond acceptors (Lipinski definition) is 3. The molecule has 0 heterocycles. The van der Waals surface area contributed by atoms with Gasteiger partial charge in [0.2, 0.25) is 0 Å². The molecule has 3 heteroatoms. The Hall–Kier alpha value is -0.120. The molecule has 1 rings (SSSR count). The number of aliphatic hydroxyl groups is 1. The van der Waals surface area contributed by atoms with Gasteiger partial charge in [0.15, 0.2) is 0 Å². The van der Waals surface area contributed by atoms with Crippen LogP contribution in [0.15, 0.2) is 0 Å². The summed E-state index contributed by atoms with van der Waals surface area (Å²) in [5.41, 5.74) is 11.3. The first-order valence-electron chi connectivity index (χ1n) is 3.80. The van der Waals surface area contributed by atoms with Gasteiger partial charge in [0.1, 0.15) is 0 Å². The molecule has 0 aliphatic heterocycles. The van der Waals surface area contributed by atoms with E-state index in [0.29, 0.717) is 0 Å². The van der Waals surface area contributed by atoms with E-state index in [1.807, 2.05) is 6.92 Å². The zero-order chi connectivity index (χ0) is 7.72. The van der Waals surface area contributed by atoms with Gasteiger partial charge < -0.3 is 16.6 Å². The first-order chi connectivity index (χ1) is 4.61. The monoisotopic (exact) mass is 144 g/mol. The highest BCUT2D eigenvalue weighted by Gasteiger charge is 2.29. The van der Waals surface area contributed by atoms with Gasteiger partial charge in [-0.05, 0) is 18.8 Å². The predicted molar refractivity (Wildman–Crippen MR) is 40.4 cm³/mol. The number of hydrogen-bond donors (Lipinski definition) is 3. The van der Waals surface area contributed by atoms with Crippen LogP contribution in [0.5, 0.6) is 0 Å². The predicted octanol–water partition coefficient (Wildman–Crippen LogP) is -0.568. The van der Waals surface area contributed by atoms with Gasteiger partial charge in [-0.2, -0.15) is 0 Å². The van der Waals surface area contributed by atoms with Crippen LogP contribution in [-0.2, 0) is 0 Å². The third kappa shape index (κ3) is 1.48. The maximum Gasteiger partial charge on any atom is 0.0717 e. The fourth-order valence-electron chi connectivity index (χ4n) is 1.62. The molecule has 0 bridgehead atoms. The average Bonchev–Trinajstić information content (AvgIpc) is 1.82. The average molecular weight is 144 g/mol. The molecule has 0 saturated heterocycles. The maximum absolute atomic E-state index is 9.38. The van der Waals surface area contributed by atoms with Crippen LogP contribution >= 0.6 is 0 Å². The molecule has 1 fully saturated rings. The minimum Gasteiger partial charge on any atom is -0.391 e. The van der Waals surface area contributed by atoms with E-state index in [-0.39, 0.29) is 24.1 Å². The van der Waals surface area contributed by atoms with Crippen molar-refractivity contribution in [1.82, 2.24) is 0 Å². The zero-order valence-electron chi connectivity index (χ0n) is 6.33. The summed E-state index contributed by atoms with van der Waals surface area (Å²) < 4.78 is 0. The minimum absolute atomic E-state index is 0.112. The Morgan fingerprint density at radius 3 is 2.40 bits per heavy atom. The lowest BCUT2D eigenvalue weighted by atomic mass is 9.82. The molecule has 0 amide bonds. The molecule has 0 aromatic rings. The molecule has 3 nitrogen and oxygen atoms in total. The van der Waals surface area contributed by atoms with Gasteiger partial charge in [-0.15, -0.1) is 0 Å². The first kappa shape index (κ1) is 7.98. The number of rotatable bonds is 0. The second-order valence-electron chi connectivity index (χ2n) is 3.36. The molecule has 0 radical (unpaired) electrons. The largest absolute Gasteiger partial charge is 0.391 e. The topological polar surface area (TPSA) is 72.3 Å². The van der Waals surface area contributed by atoms with Crippen molar-refractivity contribution in [2.24, 2.45) is 17.4 Å². The Labute approximate surface area is 61.4 Å². The van der Waals surface area contributed by atoms with Gasteiger partial charge in [0.25, 0.3) is 0 Å². The molecule has 1 saturated carbocycles. The van der Waals surface area contributed by atoms with Crippen LogP contribution < -0.4 is 11.5 Å². The summed E-state index contributed by atoms with van der Waals surface area (Å²) in [6, 6.07) is 0.0761. The standard InChI is InChI=1S/C7H16N2O/c1-4-2-5(8)3-6(9)7(4)10/h4-7,10H,2-3,8-9H2,1H3/t4-,5+,6+,7+/m0/s1. The Balaban J connectivity index is 2.49. The second-order valence-corrected chi connectivity index (χ2v) is 3.36. The third-order valence-corrected chi connectivity index (χ3v) is 2.27. The Morgan fingerprint density at radius 1 is 1.30 bits per heavy atom. The Bertz CT molecular complexity index is 106. The van der Waals surface area contributed by atoms with Crippen molar-refractivity contribution in [1.29, 1.82) is 0 Å². The van der Waals surface area contributed by atoms with Crippen molar-refractivity contribution in [3.63, 3.8) is 0 Å². The lowest BCUT2D eigenvalue weighted by Gasteiger charge is -2.33. The van der Waals surface area contributed by atoms with E-state index in [1.165, 1.54) is 0 Å². The van der Waals surface area contributed by atoms with Gasteiger partial charge in [0, 0.05) is 12.1 Å². The molecule has 0 spiro atoms. The van der Waals surface area contributed by atoms with E-state index in [2.05, 4.69) is 0 Å². The van der Waals surface area contributed by atoms with Crippen molar-refractivity contribution in [2.45, 2.75) is 38.0 Å². The molecule has 5 N–H and O–H groups in total. The summed E-state index contributed by atoms with van der Waals surface area (Å²) in [4.78, 5) is 0. The van der Waals surface area contributed by atoms with Crippen LogP contribution in [0, 0.1) is 5.92 Å². The molecule has 1 aliphatic carbocycles. The Morgan fingerprint density at radius 2 is 1.90 bits per heavy atom. The molecule has 1 aliphatic rings. The quantitative estimate of drug-likeness (QED) is 0.426. The molecular weight excluding hydrogens is 128 g/mol. The summed E-state index contributed by atoms with van der Waals surface area (Å²) in [6.45, 7) is 1.99. The molecule has 10 heavy (non-hydrogen) atoms. The van der Waals surface area contributed by atoms with E-state index in [0.717, 1.165) is 12.8 Å². The van der Waals surface area contributed by atoms with E-state index in [1.54, 1.807) is 0 Å². The zero-order valence-corrected chi connectivity index (χ0v) is 6.33. The van der Waals surface area contributed by atoms with Crippen LogP contribution in [0.3, 0.4) is 0 Å². The summed E-state index contributed by atoms with van der Waals surface area (Å²) in [5, 5.41) is 9.38. The fourth-order valence-corrected chi connectivity index (χ4v) is 1.62. The van der Waals surface area contributed by atoms with Crippen molar-refractivity contribution in [3.05, 3.63) is 0 Å². The van der Waals surface area contributed by atoms with Gasteiger partial charge in [0.05, 0.1) is 6.10 Å². The lowest BCUT2D eigenvalue weighted by molar-refractivity contribution is 0.0530. The molecule has 0 unspecified atom stereocenters. The molecular formula is C7H16N2O. The van der Waals surface area contributed by atoms with Gasteiger partial charge in [-0.3, -0.25) is 0 Å². The smallest absolute Gasteiger partial charge is 0.0717 e. The maximum atomic E-state index is 9.38. The van der Waals surface area contributed by atoms with Crippen LogP contribution in [0.25, 0.3) is 0 Å². The first-order valence-corrected chi connectivity index (χ1v) is 3.80. The van der Waals surface area contributed by atoms with Gasteiger partial charge in [-0.1, -0.05) is 6.92 Å². The highest BCUT2D eigenvalue weighted by atomic mass is 16.3. The SMILES string of the molecule is C[C@H]1C[C@@H](N)C[C@@H](N)[C@@H]1O. The molecule has 0 aromatic carbocycles. The number of nitrogens with two attached hydrogens (primary N) is 2. The number of aliphatic hydroxyl groups excluding tert-OH is 1. The molecule has 60 valence electrons. The van der Waals surface area contributed by atoms with E-state index >= 15 is 0 Å². The summed E-state index contributed by atoms with van der Waals surface area (Å²) in [7, 11) is 0. The summed E-state index contributed by atoms with van der Waals surface area (Å²) in [6.07, 6.45) is 1.31. The normalized spacial score (nSPS) is 49.2. The van der Waals surface area contributed by atoms with Crippen molar-refractivity contribution >= 4 is 0 Å². The van der Waals surface area contributed by atoms with E-state index < -0.39 is 0 Å². The van der Waals surface area contributed by atoms with Crippen LogP contribution in [0.4, 0.5) is 0 Å². The van der Waals surface area contributed by atoms with Crippen LogP contribution in [-0.4, -0.2) is 23.3 Å². The van der Waals surface area contributed by atoms with E-state index in [4.69, 9.17) is 11.5 Å². The fraction of sp³-hybridized carbons (Fsp3) is 1.00. The summed E-state index contributed by atoms with van der Waals surface area (Å²) >= 11 is 0. The summed E-state index contributed by atoms with van der Waals surface area (Å²) in [5.74, 6) is 0.263. The van der Waals surface area contributed by atoms with Crippen molar-refractivity contribution in [3.8, 4) is 0 Å². The highest BCUT2D eigenvalue weighted by molar-refractivity contribution is 4.87. The van der Waals surface area contributed by atoms with Gasteiger partial charge >= 0.3 is 0 Å². The third-order valence-electron chi connectivity index (χ3n) is 2.27. The Kier molecular flexibility index (Phi) is 2.28. The van der Waals surface area contributed by atoms with Crippen molar-refractivity contribution < 1.29 is 5.11 Å². The van der Waals surface area contributed by atoms with Crippen LogP contribution in [0.1, 0.15) is 19.8 Å². The van der Waals surface area contributed by atoms with E-state index in [9.17, 15) is 5.11 Å². The lowest BCUT2D eigenvalue weighted by Crippen LogP contribution is -2.49.